The zero-order chi connectivity index (χ0) is 4.12. The number of rotatable bonds is 2. The monoisotopic (exact) mass is 127 g/mol. The third-order valence-electron chi connectivity index (χ3n) is 0.348. The van der Waals surface area contributed by atoms with Gasteiger partial charge in [-0.15, -0.1) is 0 Å². The molecule has 2 heteroatoms. The van der Waals surface area contributed by atoms with E-state index in [4.69, 9.17) is 4.74 Å². The standard InChI is InChI=1S/C4H9O.CH3.K/c1-3-5-4-2;;/h1,3-4H2,2H3;1H3;/q2*-1;+1. The Kier molecular flexibility index (Phi) is 35.4. The van der Waals surface area contributed by atoms with Gasteiger partial charge < -0.3 is 19.1 Å². The third-order valence-corrected chi connectivity index (χ3v) is 0.348. The average Bonchev–Trinajstić information content (AvgIpc) is 1.41. The van der Waals surface area contributed by atoms with Gasteiger partial charge in [-0.1, -0.05) is 6.61 Å². The molecular weight excluding hydrogens is 115 g/mol. The van der Waals surface area contributed by atoms with E-state index in [9.17, 15) is 0 Å². The quantitative estimate of drug-likeness (QED) is 0.318. The van der Waals surface area contributed by atoms with E-state index in [-0.39, 0.29) is 58.8 Å². The molecule has 0 spiro atoms. The predicted molar refractivity (Wildman–Crippen MR) is 28.3 cm³/mol. The van der Waals surface area contributed by atoms with Crippen LogP contribution in [0.15, 0.2) is 0 Å². The Morgan fingerprint density at radius 1 is 1.57 bits per heavy atom. The normalized spacial score (nSPS) is 6.00. The van der Waals surface area contributed by atoms with Crippen LogP contribution in [0.3, 0.4) is 0 Å². The summed E-state index contributed by atoms with van der Waals surface area (Å²) in [7, 11) is 0. The Morgan fingerprint density at radius 2 is 2.00 bits per heavy atom. The van der Waals surface area contributed by atoms with E-state index in [1.807, 2.05) is 6.92 Å². The molecule has 7 heavy (non-hydrogen) atoms. The van der Waals surface area contributed by atoms with E-state index in [2.05, 4.69) is 6.92 Å². The first kappa shape index (κ1) is 15.8. The fourth-order valence-electron chi connectivity index (χ4n) is 0.144. The summed E-state index contributed by atoms with van der Waals surface area (Å²) in [6.07, 6.45) is 0. The van der Waals surface area contributed by atoms with Crippen LogP contribution in [-0.2, 0) is 4.74 Å². The van der Waals surface area contributed by atoms with E-state index >= 15 is 0 Å². The molecule has 0 unspecified atom stereocenters. The summed E-state index contributed by atoms with van der Waals surface area (Å²) in [4.78, 5) is 0. The molecule has 0 heterocycles. The van der Waals surface area contributed by atoms with Crippen molar-refractivity contribution in [1.82, 2.24) is 0 Å². The second-order valence-corrected chi connectivity index (χ2v) is 0.697. The van der Waals surface area contributed by atoms with Gasteiger partial charge in [0.2, 0.25) is 0 Å². The molecule has 0 N–H and O–H groups in total. The van der Waals surface area contributed by atoms with E-state index in [0.29, 0.717) is 6.61 Å². The van der Waals surface area contributed by atoms with E-state index in [1.54, 1.807) is 0 Å². The molecule has 0 saturated heterocycles. The molecule has 0 fully saturated rings. The Labute approximate surface area is 89.2 Å². The van der Waals surface area contributed by atoms with Gasteiger partial charge in [-0.25, -0.2) is 0 Å². The van der Waals surface area contributed by atoms with Crippen molar-refractivity contribution in [1.29, 1.82) is 0 Å². The van der Waals surface area contributed by atoms with Gasteiger partial charge in [0.1, 0.15) is 0 Å². The first-order valence-electron chi connectivity index (χ1n) is 1.78. The van der Waals surface area contributed by atoms with Crippen LogP contribution in [0, 0.1) is 14.4 Å². The Bertz CT molecular complexity index is 15.6. The molecule has 40 valence electrons. The summed E-state index contributed by atoms with van der Waals surface area (Å²) in [6.45, 7) is 6.78. The van der Waals surface area contributed by atoms with Crippen LogP contribution in [0.1, 0.15) is 6.92 Å². The number of ether oxygens (including phenoxy) is 1. The van der Waals surface area contributed by atoms with Gasteiger partial charge in [-0.05, 0) is 6.92 Å². The predicted octanol–water partition coefficient (Wildman–Crippen LogP) is -1.69. The smallest absolute Gasteiger partial charge is 0.414 e. The minimum atomic E-state index is 0. The molecule has 0 aromatic rings. The van der Waals surface area contributed by atoms with Crippen molar-refractivity contribution in [2.75, 3.05) is 13.2 Å². The fourth-order valence-corrected chi connectivity index (χ4v) is 0.144. The molecule has 0 aliphatic rings. The van der Waals surface area contributed by atoms with E-state index in [0.717, 1.165) is 6.61 Å². The van der Waals surface area contributed by atoms with Crippen molar-refractivity contribution >= 4 is 0 Å². The fraction of sp³-hybridized carbons (Fsp3) is 0.600. The topological polar surface area (TPSA) is 9.23 Å². The minimum Gasteiger partial charge on any atom is -0.414 e. The van der Waals surface area contributed by atoms with Crippen LogP contribution in [-0.4, -0.2) is 13.2 Å². The zero-order valence-corrected chi connectivity index (χ0v) is 8.65. The SMILES string of the molecule is [CH2-]COCC.[CH3-].[K+]. The van der Waals surface area contributed by atoms with Crippen LogP contribution in [0.25, 0.3) is 0 Å². The van der Waals surface area contributed by atoms with Crippen LogP contribution < -0.4 is 51.4 Å². The molecule has 0 bridgehead atoms. The zero-order valence-electron chi connectivity index (χ0n) is 5.53. The maximum absolute atomic E-state index is 4.72. The molecular formula is C5H12KO-. The average molecular weight is 127 g/mol. The number of hydrogen-bond donors (Lipinski definition) is 0. The van der Waals surface area contributed by atoms with Gasteiger partial charge in [0.05, 0.1) is 0 Å². The molecule has 0 atom stereocenters. The Hall–Kier alpha value is 1.60. The third kappa shape index (κ3) is 18.4. The van der Waals surface area contributed by atoms with Crippen LogP contribution in [0.5, 0.6) is 0 Å². The summed E-state index contributed by atoms with van der Waals surface area (Å²) < 4.78 is 4.72. The van der Waals surface area contributed by atoms with Gasteiger partial charge >= 0.3 is 51.4 Å². The summed E-state index contributed by atoms with van der Waals surface area (Å²) in [5, 5.41) is 0. The van der Waals surface area contributed by atoms with Crippen molar-refractivity contribution in [2.24, 2.45) is 0 Å². The van der Waals surface area contributed by atoms with Gasteiger partial charge in [0.15, 0.2) is 0 Å². The van der Waals surface area contributed by atoms with Crippen LogP contribution in [0.4, 0.5) is 0 Å². The maximum Gasteiger partial charge on any atom is 1.00 e. The summed E-state index contributed by atoms with van der Waals surface area (Å²) >= 11 is 0. The maximum atomic E-state index is 4.72. The van der Waals surface area contributed by atoms with Crippen molar-refractivity contribution in [3.8, 4) is 0 Å². The van der Waals surface area contributed by atoms with E-state index in [1.165, 1.54) is 0 Å². The molecule has 0 aliphatic heterocycles. The van der Waals surface area contributed by atoms with Gasteiger partial charge in [-0.3, -0.25) is 0 Å². The van der Waals surface area contributed by atoms with Crippen molar-refractivity contribution in [2.45, 2.75) is 6.92 Å². The first-order valence-corrected chi connectivity index (χ1v) is 1.78. The van der Waals surface area contributed by atoms with E-state index < -0.39 is 0 Å². The molecule has 0 aromatic carbocycles. The minimum absolute atomic E-state index is 0. The second kappa shape index (κ2) is 15.6. The van der Waals surface area contributed by atoms with Crippen LogP contribution in [0.2, 0.25) is 0 Å². The Balaban J connectivity index is -0.0000000800. The summed E-state index contributed by atoms with van der Waals surface area (Å²) in [5.41, 5.74) is 0. The largest absolute Gasteiger partial charge is 1.00 e. The molecule has 0 amide bonds. The first-order chi connectivity index (χ1) is 2.41. The van der Waals surface area contributed by atoms with Gasteiger partial charge in [0, 0.05) is 6.61 Å². The van der Waals surface area contributed by atoms with Gasteiger partial charge in [0.25, 0.3) is 0 Å². The molecule has 0 aromatic heterocycles. The number of hydrogen-bond acceptors (Lipinski definition) is 1. The van der Waals surface area contributed by atoms with Crippen molar-refractivity contribution < 1.29 is 56.1 Å². The molecule has 0 aliphatic carbocycles. The van der Waals surface area contributed by atoms with Crippen molar-refractivity contribution in [3.05, 3.63) is 14.4 Å². The Morgan fingerprint density at radius 3 is 2.00 bits per heavy atom. The summed E-state index contributed by atoms with van der Waals surface area (Å²) in [5.74, 6) is 0. The molecule has 0 saturated carbocycles. The van der Waals surface area contributed by atoms with Gasteiger partial charge in [-0.2, -0.15) is 0 Å². The van der Waals surface area contributed by atoms with Crippen LogP contribution >= 0.6 is 0 Å². The molecule has 0 rings (SSSR count). The molecule has 1 nitrogen and oxygen atoms in total. The molecule has 0 radical (unpaired) electrons. The summed E-state index contributed by atoms with van der Waals surface area (Å²) in [6, 6.07) is 0. The second-order valence-electron chi connectivity index (χ2n) is 0.697. The van der Waals surface area contributed by atoms with Crippen molar-refractivity contribution in [3.63, 3.8) is 0 Å².